The van der Waals surface area contributed by atoms with Crippen molar-refractivity contribution in [1.82, 2.24) is 0 Å². The van der Waals surface area contributed by atoms with E-state index < -0.39 is 0 Å². The summed E-state index contributed by atoms with van der Waals surface area (Å²) in [5, 5.41) is 9.05. The molecule has 0 radical (unpaired) electrons. The molecule has 1 aromatic carbocycles. The van der Waals surface area contributed by atoms with Crippen LogP contribution < -0.4 is 4.90 Å². The molecule has 96 valence electrons. The van der Waals surface area contributed by atoms with Crippen LogP contribution in [0.1, 0.15) is 13.8 Å². The van der Waals surface area contributed by atoms with E-state index >= 15 is 0 Å². The first-order chi connectivity index (χ1) is 9.08. The number of halogens is 1. The zero-order valence-electron chi connectivity index (χ0n) is 10.7. The number of allylic oxidation sites excluding steroid dienone is 1. The van der Waals surface area contributed by atoms with Gasteiger partial charge in [0.05, 0.1) is 5.57 Å². The van der Waals surface area contributed by atoms with Gasteiger partial charge < -0.3 is 4.90 Å². The zero-order chi connectivity index (χ0) is 13.6. The lowest BCUT2D eigenvalue weighted by molar-refractivity contribution is 0.982. The monoisotopic (exact) mass is 272 g/mol. The van der Waals surface area contributed by atoms with Crippen molar-refractivity contribution >= 4 is 34.7 Å². The molecule has 1 N–H and O–H groups in total. The number of anilines is 1. The average molecular weight is 273 g/mol. The third kappa shape index (κ3) is 1.88. The van der Waals surface area contributed by atoms with E-state index in [1.807, 2.05) is 43.0 Å². The number of aliphatic imine (C=N–C) groups is 2. The molecule has 0 spiro atoms. The largest absolute Gasteiger partial charge is 0.306 e. The highest BCUT2D eigenvalue weighted by molar-refractivity contribution is 6.36. The fourth-order valence-corrected chi connectivity index (χ4v) is 2.35. The van der Waals surface area contributed by atoms with Gasteiger partial charge in [0.2, 0.25) is 0 Å². The molecule has 0 bridgehead atoms. The van der Waals surface area contributed by atoms with Gasteiger partial charge in [0, 0.05) is 16.4 Å². The topological polar surface area (TPSA) is 51.8 Å². The fourth-order valence-electron chi connectivity index (χ4n) is 2.22. The summed E-state index contributed by atoms with van der Waals surface area (Å²) in [4.78, 5) is 10.7. The van der Waals surface area contributed by atoms with Crippen molar-refractivity contribution in [1.29, 1.82) is 5.41 Å². The summed E-state index contributed by atoms with van der Waals surface area (Å²) in [6.07, 6.45) is 0. The van der Waals surface area contributed by atoms with Crippen LogP contribution in [0.2, 0.25) is 5.02 Å². The molecule has 0 amide bonds. The summed E-state index contributed by atoms with van der Waals surface area (Å²) in [6.45, 7) is 4.35. The van der Waals surface area contributed by atoms with Gasteiger partial charge >= 0.3 is 0 Å². The molecule has 5 heteroatoms. The lowest BCUT2D eigenvalue weighted by Gasteiger charge is -2.28. The first-order valence-corrected chi connectivity index (χ1v) is 6.39. The number of benzene rings is 1. The summed E-state index contributed by atoms with van der Waals surface area (Å²) in [6, 6.07) is 7.44. The van der Waals surface area contributed by atoms with Crippen molar-refractivity contribution in [3.05, 3.63) is 40.4 Å². The van der Waals surface area contributed by atoms with Crippen LogP contribution in [-0.4, -0.2) is 24.1 Å². The van der Waals surface area contributed by atoms with E-state index in [1.165, 1.54) is 0 Å². The second-order valence-electron chi connectivity index (χ2n) is 4.57. The Morgan fingerprint density at radius 2 is 1.89 bits per heavy atom. The summed E-state index contributed by atoms with van der Waals surface area (Å²) < 4.78 is 0. The van der Waals surface area contributed by atoms with Crippen molar-refractivity contribution in [2.75, 3.05) is 11.6 Å². The lowest BCUT2D eigenvalue weighted by Crippen LogP contribution is -2.37. The van der Waals surface area contributed by atoms with Gasteiger partial charge in [0.15, 0.2) is 5.84 Å². The zero-order valence-corrected chi connectivity index (χ0v) is 11.5. The molecule has 19 heavy (non-hydrogen) atoms. The number of amidine groups is 2. The highest BCUT2D eigenvalue weighted by atomic mass is 35.5. The minimum atomic E-state index is 0.420. The minimum absolute atomic E-state index is 0.420. The van der Waals surface area contributed by atoms with Gasteiger partial charge in [0.1, 0.15) is 12.5 Å². The molecule has 0 aromatic heterocycles. The van der Waals surface area contributed by atoms with Gasteiger partial charge in [-0.2, -0.15) is 0 Å². The minimum Gasteiger partial charge on any atom is -0.306 e. The molecule has 1 aromatic rings. The Kier molecular flexibility index (Phi) is 2.75. The summed E-state index contributed by atoms with van der Waals surface area (Å²) in [7, 11) is 0. The molecule has 0 unspecified atom stereocenters. The van der Waals surface area contributed by atoms with Crippen LogP contribution in [0, 0.1) is 5.41 Å². The van der Waals surface area contributed by atoms with Gasteiger partial charge in [-0.3, -0.25) is 5.41 Å². The third-order valence-corrected chi connectivity index (χ3v) is 3.67. The quantitative estimate of drug-likeness (QED) is 0.838. The van der Waals surface area contributed by atoms with E-state index in [0.717, 1.165) is 22.5 Å². The van der Waals surface area contributed by atoms with Crippen molar-refractivity contribution in [3.8, 4) is 0 Å². The Balaban J connectivity index is 2.01. The standard InChI is InChI=1S/C14H13ClN4/c1-8-9(2)18-14-12(8)13(16)19(7-17-14)11-5-3-10(15)4-6-11/h3-6,16H,7H2,1-2H3. The maximum atomic E-state index is 8.37. The van der Waals surface area contributed by atoms with E-state index in [0.29, 0.717) is 23.4 Å². The molecule has 0 aliphatic carbocycles. The highest BCUT2D eigenvalue weighted by Gasteiger charge is 2.30. The van der Waals surface area contributed by atoms with Gasteiger partial charge in [-0.15, -0.1) is 0 Å². The molecule has 2 aliphatic rings. The van der Waals surface area contributed by atoms with Crippen LogP contribution in [0.15, 0.2) is 45.4 Å². The van der Waals surface area contributed by atoms with E-state index in [-0.39, 0.29) is 0 Å². The van der Waals surface area contributed by atoms with Crippen molar-refractivity contribution in [2.45, 2.75) is 13.8 Å². The second kappa shape index (κ2) is 4.31. The predicted molar refractivity (Wildman–Crippen MR) is 79.8 cm³/mol. The van der Waals surface area contributed by atoms with Crippen LogP contribution in [0.25, 0.3) is 0 Å². The highest BCUT2D eigenvalue weighted by Crippen LogP contribution is 2.27. The summed E-state index contributed by atoms with van der Waals surface area (Å²) in [5.74, 6) is 1.13. The molecular formula is C14H13ClN4. The molecule has 0 saturated heterocycles. The Morgan fingerprint density at radius 3 is 2.58 bits per heavy atom. The van der Waals surface area contributed by atoms with Crippen molar-refractivity contribution < 1.29 is 0 Å². The van der Waals surface area contributed by atoms with Crippen LogP contribution >= 0.6 is 11.6 Å². The first kappa shape index (κ1) is 12.1. The second-order valence-corrected chi connectivity index (χ2v) is 5.01. The molecule has 2 aliphatic heterocycles. The normalized spacial score (nSPS) is 18.5. The molecule has 0 saturated carbocycles. The number of nitrogens with zero attached hydrogens (tertiary/aromatic N) is 3. The van der Waals surface area contributed by atoms with Gasteiger partial charge in [-0.1, -0.05) is 11.6 Å². The van der Waals surface area contributed by atoms with Crippen molar-refractivity contribution in [3.63, 3.8) is 0 Å². The van der Waals surface area contributed by atoms with Crippen LogP contribution in [-0.2, 0) is 0 Å². The first-order valence-electron chi connectivity index (χ1n) is 6.01. The van der Waals surface area contributed by atoms with Gasteiger partial charge in [-0.25, -0.2) is 9.98 Å². The lowest BCUT2D eigenvalue weighted by atomic mass is 10.1. The van der Waals surface area contributed by atoms with Gasteiger partial charge in [-0.05, 0) is 43.7 Å². The molecule has 0 atom stereocenters. The average Bonchev–Trinajstić information content (AvgIpc) is 2.68. The maximum Gasteiger partial charge on any atom is 0.160 e. The van der Waals surface area contributed by atoms with E-state index in [4.69, 9.17) is 17.0 Å². The Morgan fingerprint density at radius 1 is 1.21 bits per heavy atom. The SMILES string of the molecule is CC1=NC2=NCN(c3ccc(Cl)cc3)C(=N)C2=C1C. The third-order valence-electron chi connectivity index (χ3n) is 3.42. The van der Waals surface area contributed by atoms with E-state index in [2.05, 4.69) is 9.98 Å². The molecule has 0 fully saturated rings. The van der Waals surface area contributed by atoms with E-state index in [1.54, 1.807) is 0 Å². The number of fused-ring (bicyclic) bond motifs is 1. The van der Waals surface area contributed by atoms with Crippen LogP contribution in [0.5, 0.6) is 0 Å². The predicted octanol–water partition coefficient (Wildman–Crippen LogP) is 3.28. The smallest absolute Gasteiger partial charge is 0.160 e. The Hall–Kier alpha value is -1.94. The number of hydrogen-bond donors (Lipinski definition) is 1. The molecule has 4 nitrogen and oxygen atoms in total. The fraction of sp³-hybridized carbons (Fsp3) is 0.214. The van der Waals surface area contributed by atoms with Crippen LogP contribution in [0.3, 0.4) is 0 Å². The van der Waals surface area contributed by atoms with Gasteiger partial charge in [0.25, 0.3) is 0 Å². The van der Waals surface area contributed by atoms with Crippen LogP contribution in [0.4, 0.5) is 5.69 Å². The number of nitrogens with one attached hydrogen (secondary N) is 1. The molecule has 2 heterocycles. The molecule has 3 rings (SSSR count). The Bertz CT molecular complexity index is 653. The van der Waals surface area contributed by atoms with E-state index in [9.17, 15) is 0 Å². The Labute approximate surface area is 116 Å². The number of hydrogen-bond acceptors (Lipinski definition) is 3. The summed E-state index contributed by atoms with van der Waals surface area (Å²) in [5.41, 5.74) is 3.72. The molecular weight excluding hydrogens is 260 g/mol. The summed E-state index contributed by atoms with van der Waals surface area (Å²) >= 11 is 5.89. The number of rotatable bonds is 1. The maximum absolute atomic E-state index is 8.37. The van der Waals surface area contributed by atoms with Crippen molar-refractivity contribution in [2.24, 2.45) is 9.98 Å².